The zero-order valence-electron chi connectivity index (χ0n) is 27.0. The van der Waals surface area contributed by atoms with Crippen molar-refractivity contribution in [3.8, 4) is 11.1 Å². The molecule has 6 rings (SSSR count). The van der Waals surface area contributed by atoms with Crippen LogP contribution in [0.15, 0.2) is 83.2 Å². The number of hydrogen-bond acceptors (Lipinski definition) is 8. The van der Waals surface area contributed by atoms with Crippen molar-refractivity contribution in [3.63, 3.8) is 0 Å². The van der Waals surface area contributed by atoms with Crippen molar-refractivity contribution < 1.29 is 29.3 Å². The first-order valence-electron chi connectivity index (χ1n) is 16.0. The highest BCUT2D eigenvalue weighted by Crippen LogP contribution is 2.44. The maximum Gasteiger partial charge on any atom is 0.409 e. The van der Waals surface area contributed by atoms with Gasteiger partial charge < -0.3 is 24.7 Å². The minimum Gasteiger partial charge on any atom is -0.511 e. The van der Waals surface area contributed by atoms with Crippen molar-refractivity contribution in [1.29, 1.82) is 0 Å². The number of hydrogen-bond donors (Lipinski definition) is 2. The van der Waals surface area contributed by atoms with Crippen LogP contribution in [0, 0.1) is 5.41 Å². The molecule has 1 amide bonds. The molecule has 1 aliphatic heterocycles. The van der Waals surface area contributed by atoms with Gasteiger partial charge in [0, 0.05) is 63.3 Å². The SMILES string of the molecule is CC(=N[C@@H](Cc1ccc(N2CCN(C(=O)OCC3c4ccccc4-c4ccccc43)CC2)nc1)C(=O)O)C1=C(O)CC(C)(C)CC1=O. The van der Waals surface area contributed by atoms with E-state index in [4.69, 9.17) is 4.74 Å². The molecule has 1 atom stereocenters. The number of benzene rings is 2. The summed E-state index contributed by atoms with van der Waals surface area (Å²) in [6, 6.07) is 19.1. The van der Waals surface area contributed by atoms with Gasteiger partial charge in [-0.3, -0.25) is 9.79 Å². The smallest absolute Gasteiger partial charge is 0.409 e. The molecule has 0 spiro atoms. The van der Waals surface area contributed by atoms with Crippen LogP contribution < -0.4 is 4.90 Å². The number of ketones is 1. The van der Waals surface area contributed by atoms with E-state index < -0.39 is 12.0 Å². The van der Waals surface area contributed by atoms with E-state index in [1.165, 1.54) is 22.3 Å². The Labute approximate surface area is 274 Å². The Bertz CT molecular complexity index is 1710. The second kappa shape index (κ2) is 13.0. The second-order valence-corrected chi connectivity index (χ2v) is 13.3. The van der Waals surface area contributed by atoms with Crippen LogP contribution in [0.2, 0.25) is 0 Å². The van der Waals surface area contributed by atoms with Crippen molar-refractivity contribution >= 4 is 29.4 Å². The van der Waals surface area contributed by atoms with E-state index in [9.17, 15) is 24.6 Å². The molecule has 10 heteroatoms. The van der Waals surface area contributed by atoms with Gasteiger partial charge in [0.25, 0.3) is 0 Å². The van der Waals surface area contributed by atoms with Gasteiger partial charge in [0.2, 0.25) is 0 Å². The van der Waals surface area contributed by atoms with E-state index in [2.05, 4.69) is 39.1 Å². The molecule has 1 fully saturated rings. The summed E-state index contributed by atoms with van der Waals surface area (Å²) < 4.78 is 5.84. The molecule has 1 aromatic heterocycles. The van der Waals surface area contributed by atoms with E-state index in [0.29, 0.717) is 38.2 Å². The fraction of sp³-hybridized carbons (Fsp3) is 0.378. The van der Waals surface area contributed by atoms with Gasteiger partial charge in [0.05, 0.1) is 5.57 Å². The topological polar surface area (TPSA) is 133 Å². The number of rotatable bonds is 8. The first-order valence-corrected chi connectivity index (χ1v) is 16.0. The number of aliphatic imine (C=N–C) groups is 1. The number of aliphatic hydroxyl groups is 1. The van der Waals surface area contributed by atoms with Crippen LogP contribution in [0.1, 0.15) is 56.2 Å². The molecule has 2 N–H and O–H groups in total. The number of aliphatic hydroxyl groups excluding tert-OH is 1. The lowest BCUT2D eigenvalue weighted by Gasteiger charge is -2.35. The summed E-state index contributed by atoms with van der Waals surface area (Å²) in [5.41, 5.74) is 5.43. The summed E-state index contributed by atoms with van der Waals surface area (Å²) in [6.07, 6.45) is 2.00. The van der Waals surface area contributed by atoms with Gasteiger partial charge in [-0.25, -0.2) is 14.6 Å². The van der Waals surface area contributed by atoms with E-state index in [0.717, 1.165) is 5.82 Å². The molecular formula is C37H40N4O6. The van der Waals surface area contributed by atoms with Crippen LogP contribution in [0.25, 0.3) is 11.1 Å². The molecule has 0 saturated carbocycles. The van der Waals surface area contributed by atoms with Crippen LogP contribution in [-0.2, 0) is 20.7 Å². The summed E-state index contributed by atoms with van der Waals surface area (Å²) in [6.45, 7) is 7.83. The number of nitrogens with zero attached hydrogens (tertiary/aromatic N) is 4. The molecule has 10 nitrogen and oxygen atoms in total. The first kappa shape index (κ1) is 32.0. The summed E-state index contributed by atoms with van der Waals surface area (Å²) >= 11 is 0. The highest BCUT2D eigenvalue weighted by Gasteiger charge is 2.35. The lowest BCUT2D eigenvalue weighted by molar-refractivity contribution is -0.138. The predicted octanol–water partition coefficient (Wildman–Crippen LogP) is 5.81. The molecule has 244 valence electrons. The zero-order chi connectivity index (χ0) is 33.3. The van der Waals surface area contributed by atoms with E-state index in [-0.39, 0.29) is 59.7 Å². The van der Waals surface area contributed by atoms with Gasteiger partial charge >= 0.3 is 12.1 Å². The quantitative estimate of drug-likeness (QED) is 0.296. The van der Waals surface area contributed by atoms with Gasteiger partial charge in [-0.05, 0) is 46.2 Å². The number of aromatic nitrogens is 1. The zero-order valence-corrected chi connectivity index (χ0v) is 27.0. The number of allylic oxidation sites excluding steroid dienone is 2. The molecule has 1 saturated heterocycles. The summed E-state index contributed by atoms with van der Waals surface area (Å²) in [5.74, 6) is -0.646. The maximum atomic E-state index is 13.0. The maximum absolute atomic E-state index is 13.0. The van der Waals surface area contributed by atoms with Crippen LogP contribution >= 0.6 is 0 Å². The molecule has 2 heterocycles. The number of carbonyl (C=O) groups excluding carboxylic acids is 2. The number of carboxylic acid groups (broad SMARTS) is 1. The summed E-state index contributed by atoms with van der Waals surface area (Å²) in [5, 5.41) is 20.4. The van der Waals surface area contributed by atoms with Crippen molar-refractivity contribution in [2.45, 2.75) is 52.0 Å². The highest BCUT2D eigenvalue weighted by atomic mass is 16.6. The molecule has 3 aliphatic rings. The van der Waals surface area contributed by atoms with Gasteiger partial charge in [-0.1, -0.05) is 68.4 Å². The molecule has 0 bridgehead atoms. The Morgan fingerprint density at radius 2 is 1.62 bits per heavy atom. The molecular weight excluding hydrogens is 596 g/mol. The van der Waals surface area contributed by atoms with Crippen molar-refractivity contribution in [3.05, 3.63) is 94.9 Å². The normalized spacial score (nSPS) is 18.5. The van der Waals surface area contributed by atoms with Crippen molar-refractivity contribution in [2.75, 3.05) is 37.7 Å². The fourth-order valence-corrected chi connectivity index (χ4v) is 6.94. The van der Waals surface area contributed by atoms with Gasteiger partial charge in [0.1, 0.15) is 18.2 Å². The lowest BCUT2D eigenvalue weighted by Crippen LogP contribution is -2.49. The molecule has 47 heavy (non-hydrogen) atoms. The summed E-state index contributed by atoms with van der Waals surface area (Å²) in [4.78, 5) is 50.5. The van der Waals surface area contributed by atoms with Crippen LogP contribution in [0.5, 0.6) is 0 Å². The standard InChI is InChI=1S/C37H40N4O6/c1-23(34-31(42)19-37(2,3)20-32(34)43)39-30(35(44)45)18-24-12-13-33(38-21-24)40-14-16-41(17-15-40)36(46)47-22-29-27-10-6-4-8-25(27)26-9-5-7-11-28(26)29/h4-13,21,29-30,42H,14-20,22H2,1-3H3,(H,44,45)/t30-/m0/s1. The van der Waals surface area contributed by atoms with E-state index in [1.807, 2.05) is 50.2 Å². The second-order valence-electron chi connectivity index (χ2n) is 13.3. The Kier molecular flexibility index (Phi) is 8.86. The molecule has 0 unspecified atom stereocenters. The number of fused-ring (bicyclic) bond motifs is 3. The number of Topliss-reactive ketones (excluding diaryl/α,β-unsaturated/α-hetero) is 1. The number of ether oxygens (including phenoxy) is 1. The average molecular weight is 637 g/mol. The van der Waals surface area contributed by atoms with Crippen LogP contribution in [-0.4, -0.2) is 82.5 Å². The van der Waals surface area contributed by atoms with Crippen molar-refractivity contribution in [2.24, 2.45) is 10.4 Å². The van der Waals surface area contributed by atoms with Gasteiger partial charge in [-0.2, -0.15) is 0 Å². The highest BCUT2D eigenvalue weighted by molar-refractivity contribution is 6.22. The number of amides is 1. The number of piperazine rings is 1. The van der Waals surface area contributed by atoms with Gasteiger partial charge in [-0.15, -0.1) is 0 Å². The van der Waals surface area contributed by atoms with Gasteiger partial charge in [0.15, 0.2) is 11.8 Å². The number of carboxylic acids is 1. The number of aliphatic carboxylic acids is 1. The monoisotopic (exact) mass is 636 g/mol. The average Bonchev–Trinajstić information content (AvgIpc) is 3.36. The number of carbonyl (C=O) groups is 3. The molecule has 0 radical (unpaired) electrons. The van der Waals surface area contributed by atoms with Crippen LogP contribution in [0.3, 0.4) is 0 Å². The number of pyridine rings is 1. The fourth-order valence-electron chi connectivity index (χ4n) is 6.94. The van der Waals surface area contributed by atoms with Crippen molar-refractivity contribution in [1.82, 2.24) is 9.88 Å². The van der Waals surface area contributed by atoms with E-state index in [1.54, 1.807) is 18.0 Å². The predicted molar refractivity (Wildman–Crippen MR) is 179 cm³/mol. The lowest BCUT2D eigenvalue weighted by atomic mass is 9.75. The molecule has 2 aliphatic carbocycles. The molecule has 3 aromatic rings. The van der Waals surface area contributed by atoms with E-state index >= 15 is 0 Å². The largest absolute Gasteiger partial charge is 0.511 e. The molecule has 2 aromatic carbocycles. The Morgan fingerprint density at radius 3 is 2.19 bits per heavy atom. The Morgan fingerprint density at radius 1 is 0.979 bits per heavy atom. The number of anilines is 1. The van der Waals surface area contributed by atoms with Crippen LogP contribution in [0.4, 0.5) is 10.6 Å². The Balaban J connectivity index is 1.03. The third-order valence-corrected chi connectivity index (χ3v) is 9.28. The summed E-state index contributed by atoms with van der Waals surface area (Å²) in [7, 11) is 0. The third kappa shape index (κ3) is 6.77. The minimum atomic E-state index is -1.13. The Hall–Kier alpha value is -4.99. The minimum absolute atomic E-state index is 0.0112. The first-order chi connectivity index (χ1) is 22.5. The third-order valence-electron chi connectivity index (χ3n) is 9.28.